The molecule has 2 rings (SSSR count). The molecule has 0 aromatic heterocycles. The van der Waals surface area contributed by atoms with Gasteiger partial charge in [-0.05, 0) is 61.1 Å². The van der Waals surface area contributed by atoms with Crippen molar-refractivity contribution in [3.05, 3.63) is 58.1 Å². The van der Waals surface area contributed by atoms with Gasteiger partial charge in [0.2, 0.25) is 10.0 Å². The summed E-state index contributed by atoms with van der Waals surface area (Å²) < 4.78 is 27.2. The summed E-state index contributed by atoms with van der Waals surface area (Å²) in [5.74, 6) is -0.334. The molecule has 2 aromatic rings. The summed E-state index contributed by atoms with van der Waals surface area (Å²) in [6.45, 7) is 6.34. The summed E-state index contributed by atoms with van der Waals surface area (Å²) in [6.07, 6.45) is 0. The van der Waals surface area contributed by atoms with E-state index in [0.29, 0.717) is 24.3 Å². The monoisotopic (exact) mass is 483 g/mol. The number of nitrogens with zero attached hydrogens (tertiary/aromatic N) is 1. The zero-order chi connectivity index (χ0) is 20.9. The third-order valence-electron chi connectivity index (χ3n) is 4.12. The summed E-state index contributed by atoms with van der Waals surface area (Å²) in [4.78, 5) is 12.5. The van der Waals surface area contributed by atoms with Crippen molar-refractivity contribution in [2.45, 2.75) is 25.7 Å². The molecule has 1 amide bonds. The van der Waals surface area contributed by atoms with Gasteiger partial charge in [-0.3, -0.25) is 10.1 Å². The molecule has 9 heteroatoms. The van der Waals surface area contributed by atoms with Crippen LogP contribution in [0.3, 0.4) is 0 Å². The van der Waals surface area contributed by atoms with E-state index in [9.17, 15) is 13.2 Å². The Hall–Kier alpha value is -1.81. The molecule has 2 N–H and O–H groups in total. The number of sulfonamides is 1. The number of nitrogens with one attached hydrogen (secondary N) is 2. The number of aryl methyl sites for hydroxylation is 1. The molecule has 0 fully saturated rings. The summed E-state index contributed by atoms with van der Waals surface area (Å²) >= 11 is 8.57. The van der Waals surface area contributed by atoms with Crippen LogP contribution in [-0.4, -0.2) is 36.8 Å². The van der Waals surface area contributed by atoms with Gasteiger partial charge in [0, 0.05) is 28.8 Å². The van der Waals surface area contributed by atoms with Gasteiger partial charge in [0.1, 0.15) is 0 Å². The quantitative estimate of drug-likeness (QED) is 0.608. The van der Waals surface area contributed by atoms with Crippen molar-refractivity contribution < 1.29 is 13.2 Å². The van der Waals surface area contributed by atoms with Crippen molar-refractivity contribution in [3.63, 3.8) is 0 Å². The number of thiocarbonyl (C=S) groups is 1. The van der Waals surface area contributed by atoms with Crippen LogP contribution in [0.4, 0.5) is 5.69 Å². The van der Waals surface area contributed by atoms with E-state index in [1.165, 1.54) is 16.4 Å². The molecule has 0 saturated heterocycles. The SMILES string of the molecule is CCN(CC)S(=O)(=O)c1ccc(NC(=S)NC(=O)c2ccc(C)c(Br)c2)cc1. The second-order valence-corrected chi connectivity index (χ2v) is 9.19. The molecule has 0 radical (unpaired) electrons. The van der Waals surface area contributed by atoms with Crippen LogP contribution in [0.15, 0.2) is 51.8 Å². The third kappa shape index (κ3) is 5.38. The molecule has 150 valence electrons. The molecule has 0 bridgehead atoms. The van der Waals surface area contributed by atoms with E-state index < -0.39 is 10.0 Å². The first-order valence-corrected chi connectivity index (χ1v) is 11.3. The number of hydrogen-bond donors (Lipinski definition) is 2. The number of hydrogen-bond acceptors (Lipinski definition) is 4. The Morgan fingerprint density at radius 2 is 1.71 bits per heavy atom. The van der Waals surface area contributed by atoms with Crippen LogP contribution in [0.5, 0.6) is 0 Å². The van der Waals surface area contributed by atoms with Gasteiger partial charge in [-0.25, -0.2) is 8.42 Å². The summed E-state index contributed by atoms with van der Waals surface area (Å²) in [5, 5.41) is 5.62. The number of carbonyl (C=O) groups excluding carboxylic acids is 1. The zero-order valence-corrected chi connectivity index (χ0v) is 19.0. The van der Waals surface area contributed by atoms with Crippen LogP contribution in [0.25, 0.3) is 0 Å². The van der Waals surface area contributed by atoms with Crippen LogP contribution < -0.4 is 10.6 Å². The number of halogens is 1. The van der Waals surface area contributed by atoms with Crippen LogP contribution >= 0.6 is 28.1 Å². The molecule has 0 unspecified atom stereocenters. The largest absolute Gasteiger partial charge is 0.332 e. The average Bonchev–Trinajstić information content (AvgIpc) is 2.65. The number of anilines is 1. The molecule has 0 atom stereocenters. The molecule has 0 saturated carbocycles. The van der Waals surface area contributed by atoms with Crippen molar-refractivity contribution >= 4 is 54.9 Å². The Kier molecular flexibility index (Phi) is 7.70. The van der Waals surface area contributed by atoms with Crippen molar-refractivity contribution in [2.75, 3.05) is 18.4 Å². The Labute approximate surface area is 179 Å². The van der Waals surface area contributed by atoms with Gasteiger partial charge < -0.3 is 5.32 Å². The first-order valence-electron chi connectivity index (χ1n) is 8.67. The topological polar surface area (TPSA) is 78.5 Å². The molecular weight excluding hydrogens is 462 g/mol. The number of carbonyl (C=O) groups is 1. The van der Waals surface area contributed by atoms with Crippen LogP contribution in [-0.2, 0) is 10.0 Å². The van der Waals surface area contributed by atoms with Crippen LogP contribution in [0.1, 0.15) is 29.8 Å². The highest BCUT2D eigenvalue weighted by Crippen LogP contribution is 2.19. The summed E-state index contributed by atoms with van der Waals surface area (Å²) in [5.41, 5.74) is 2.08. The highest BCUT2D eigenvalue weighted by molar-refractivity contribution is 9.10. The lowest BCUT2D eigenvalue weighted by atomic mass is 10.1. The molecule has 0 spiro atoms. The smallest absolute Gasteiger partial charge is 0.257 e. The van der Waals surface area contributed by atoms with E-state index in [1.807, 2.05) is 13.0 Å². The van der Waals surface area contributed by atoms with E-state index in [-0.39, 0.29) is 15.9 Å². The molecule has 0 aliphatic heterocycles. The van der Waals surface area contributed by atoms with Gasteiger partial charge in [-0.1, -0.05) is 35.8 Å². The van der Waals surface area contributed by atoms with Gasteiger partial charge in [-0.15, -0.1) is 0 Å². The van der Waals surface area contributed by atoms with Gasteiger partial charge in [-0.2, -0.15) is 4.31 Å². The Morgan fingerprint density at radius 3 is 2.25 bits per heavy atom. The molecule has 0 aliphatic rings. The maximum atomic E-state index is 12.5. The molecule has 2 aromatic carbocycles. The van der Waals surface area contributed by atoms with E-state index in [0.717, 1.165) is 10.0 Å². The minimum Gasteiger partial charge on any atom is -0.332 e. The Morgan fingerprint density at radius 1 is 1.11 bits per heavy atom. The number of amides is 1. The molecule has 28 heavy (non-hydrogen) atoms. The van der Waals surface area contributed by atoms with E-state index in [2.05, 4.69) is 26.6 Å². The lowest BCUT2D eigenvalue weighted by Gasteiger charge is -2.18. The minimum atomic E-state index is -3.51. The van der Waals surface area contributed by atoms with E-state index >= 15 is 0 Å². The van der Waals surface area contributed by atoms with E-state index in [1.54, 1.807) is 38.1 Å². The van der Waals surface area contributed by atoms with Crippen LogP contribution in [0.2, 0.25) is 0 Å². The maximum Gasteiger partial charge on any atom is 0.257 e. The van der Waals surface area contributed by atoms with Crippen molar-refractivity contribution in [2.24, 2.45) is 0 Å². The van der Waals surface area contributed by atoms with Crippen molar-refractivity contribution in [1.29, 1.82) is 0 Å². The van der Waals surface area contributed by atoms with Gasteiger partial charge in [0.05, 0.1) is 4.90 Å². The van der Waals surface area contributed by atoms with Crippen molar-refractivity contribution in [1.82, 2.24) is 9.62 Å². The minimum absolute atomic E-state index is 0.126. The summed E-state index contributed by atoms with van der Waals surface area (Å²) in [6, 6.07) is 11.5. The first-order chi connectivity index (χ1) is 13.2. The predicted molar refractivity (Wildman–Crippen MR) is 119 cm³/mol. The zero-order valence-electron chi connectivity index (χ0n) is 15.8. The first kappa shape index (κ1) is 22.5. The fourth-order valence-corrected chi connectivity index (χ4v) is 4.54. The van der Waals surface area contributed by atoms with Crippen molar-refractivity contribution in [3.8, 4) is 0 Å². The predicted octanol–water partition coefficient (Wildman–Crippen LogP) is 3.91. The second kappa shape index (κ2) is 9.60. The molecular formula is C19H22BrN3O3S2. The van der Waals surface area contributed by atoms with Gasteiger partial charge in [0.15, 0.2) is 5.11 Å². The van der Waals surface area contributed by atoms with Gasteiger partial charge in [0.25, 0.3) is 5.91 Å². The second-order valence-electron chi connectivity index (χ2n) is 5.99. The Bertz CT molecular complexity index is 972. The van der Waals surface area contributed by atoms with Gasteiger partial charge >= 0.3 is 0 Å². The summed E-state index contributed by atoms with van der Waals surface area (Å²) in [7, 11) is -3.51. The average molecular weight is 484 g/mol. The van der Waals surface area contributed by atoms with Crippen LogP contribution in [0, 0.1) is 6.92 Å². The standard InChI is InChI=1S/C19H22BrN3O3S2/c1-4-23(5-2)28(25,26)16-10-8-15(9-11-16)21-19(27)22-18(24)14-7-6-13(3)17(20)12-14/h6-12H,4-5H2,1-3H3,(H2,21,22,24,27). The molecule has 0 aliphatic carbocycles. The highest BCUT2D eigenvalue weighted by Gasteiger charge is 2.21. The fraction of sp³-hybridized carbons (Fsp3) is 0.263. The fourth-order valence-electron chi connectivity index (χ4n) is 2.49. The highest BCUT2D eigenvalue weighted by atomic mass is 79.9. The lowest BCUT2D eigenvalue weighted by Crippen LogP contribution is -2.34. The molecule has 0 heterocycles. The molecule has 6 nitrogen and oxygen atoms in total. The maximum absolute atomic E-state index is 12.5. The Balaban J connectivity index is 2.04. The van der Waals surface area contributed by atoms with E-state index in [4.69, 9.17) is 12.2 Å². The lowest BCUT2D eigenvalue weighted by molar-refractivity contribution is 0.0977. The number of rotatable bonds is 6. The third-order valence-corrected chi connectivity index (χ3v) is 7.24. The number of benzene rings is 2. The normalized spacial score (nSPS) is 11.3.